The highest BCUT2D eigenvalue weighted by Gasteiger charge is 2.44. The number of rotatable bonds is 6. The third-order valence-electron chi connectivity index (χ3n) is 5.59. The Morgan fingerprint density at radius 1 is 1.06 bits per heavy atom. The molecule has 0 aliphatic carbocycles. The number of esters is 1. The molecule has 0 aromatic heterocycles. The first-order chi connectivity index (χ1) is 15.8. The highest BCUT2D eigenvalue weighted by atomic mass is 35.5. The molecule has 1 N–H and O–H groups in total. The first kappa shape index (κ1) is 23.3. The van der Waals surface area contributed by atoms with Gasteiger partial charge in [0.1, 0.15) is 17.8 Å². The quantitative estimate of drug-likeness (QED) is 0.301. The molecule has 0 unspecified atom stereocenters. The predicted molar refractivity (Wildman–Crippen MR) is 123 cm³/mol. The fourth-order valence-electron chi connectivity index (χ4n) is 3.65. The molecule has 0 saturated carbocycles. The lowest BCUT2D eigenvalue weighted by molar-refractivity contribution is -0.226. The van der Waals surface area contributed by atoms with Crippen LogP contribution in [0.4, 0.5) is 0 Å². The van der Waals surface area contributed by atoms with Crippen LogP contribution in [0.15, 0.2) is 71.9 Å². The van der Waals surface area contributed by atoms with Crippen molar-refractivity contribution in [3.63, 3.8) is 0 Å². The number of halogens is 1. The van der Waals surface area contributed by atoms with Crippen LogP contribution >= 0.6 is 11.6 Å². The number of alkyl halides is 1. The zero-order chi connectivity index (χ0) is 23.4. The van der Waals surface area contributed by atoms with Crippen LogP contribution in [0.1, 0.15) is 29.8 Å². The Morgan fingerprint density at radius 3 is 2.27 bits per heavy atom. The monoisotopic (exact) mass is 470 g/mol. The summed E-state index contributed by atoms with van der Waals surface area (Å²) in [7, 11) is 0. The Hall–Kier alpha value is -2.87. The summed E-state index contributed by atoms with van der Waals surface area (Å²) in [5.74, 6) is -1.44. The topological polar surface area (TPSA) is 77.1 Å². The van der Waals surface area contributed by atoms with E-state index in [4.69, 9.17) is 25.8 Å². The molecule has 0 radical (unpaired) electrons. The SMILES string of the molecule is CC1(C)OCC(=C(C(=O)OCc2ccccc2)N2C[C@H](NC(=O)c3ccccc3)[C@H]2Cl)CO1. The van der Waals surface area contributed by atoms with E-state index >= 15 is 0 Å². The summed E-state index contributed by atoms with van der Waals surface area (Å²) in [5, 5.41) is 2.93. The minimum absolute atomic E-state index is 0.138. The molecule has 2 aliphatic rings. The molecule has 2 atom stereocenters. The van der Waals surface area contributed by atoms with Crippen molar-refractivity contribution in [3.05, 3.63) is 83.1 Å². The van der Waals surface area contributed by atoms with Crippen molar-refractivity contribution in [1.29, 1.82) is 0 Å². The van der Waals surface area contributed by atoms with Crippen molar-refractivity contribution < 1.29 is 23.8 Å². The number of hydrogen-bond donors (Lipinski definition) is 1. The second-order valence-electron chi connectivity index (χ2n) is 8.46. The van der Waals surface area contributed by atoms with Gasteiger partial charge in [0.15, 0.2) is 5.79 Å². The molecule has 2 fully saturated rings. The maximum absolute atomic E-state index is 13.1. The van der Waals surface area contributed by atoms with Crippen molar-refractivity contribution in [1.82, 2.24) is 10.2 Å². The fraction of sp³-hybridized carbons (Fsp3) is 0.360. The van der Waals surface area contributed by atoms with Crippen molar-refractivity contribution in [2.75, 3.05) is 19.8 Å². The van der Waals surface area contributed by atoms with Gasteiger partial charge in [-0.05, 0) is 31.5 Å². The summed E-state index contributed by atoms with van der Waals surface area (Å²) in [4.78, 5) is 27.4. The van der Waals surface area contributed by atoms with Gasteiger partial charge in [0, 0.05) is 17.7 Å². The summed E-state index contributed by atoms with van der Waals surface area (Å²) < 4.78 is 17.1. The number of nitrogens with zero attached hydrogens (tertiary/aromatic N) is 1. The van der Waals surface area contributed by atoms with Gasteiger partial charge < -0.3 is 24.4 Å². The molecule has 7 nitrogen and oxygen atoms in total. The smallest absolute Gasteiger partial charge is 0.355 e. The van der Waals surface area contributed by atoms with Crippen LogP contribution in [-0.4, -0.2) is 53.9 Å². The molecule has 2 heterocycles. The van der Waals surface area contributed by atoms with Crippen molar-refractivity contribution >= 4 is 23.5 Å². The summed E-state index contributed by atoms with van der Waals surface area (Å²) in [6.45, 7) is 4.60. The number of amides is 1. The molecule has 0 bridgehead atoms. The van der Waals surface area contributed by atoms with Crippen LogP contribution in [0.5, 0.6) is 0 Å². The molecule has 174 valence electrons. The maximum Gasteiger partial charge on any atom is 0.355 e. The number of ether oxygens (including phenoxy) is 3. The van der Waals surface area contributed by atoms with Crippen LogP contribution < -0.4 is 5.32 Å². The van der Waals surface area contributed by atoms with E-state index in [-0.39, 0.29) is 31.8 Å². The first-order valence-corrected chi connectivity index (χ1v) is 11.3. The van der Waals surface area contributed by atoms with Crippen LogP contribution in [0.3, 0.4) is 0 Å². The normalized spacial score (nSPS) is 21.7. The minimum atomic E-state index is -0.732. The van der Waals surface area contributed by atoms with Crippen LogP contribution in [-0.2, 0) is 25.6 Å². The van der Waals surface area contributed by atoms with Crippen LogP contribution in [0.25, 0.3) is 0 Å². The summed E-state index contributed by atoms with van der Waals surface area (Å²) in [6, 6.07) is 18.1. The van der Waals surface area contributed by atoms with Gasteiger partial charge in [-0.25, -0.2) is 4.79 Å². The first-order valence-electron chi connectivity index (χ1n) is 10.8. The second kappa shape index (κ2) is 9.95. The minimum Gasteiger partial charge on any atom is -0.456 e. The molecule has 4 rings (SSSR count). The molecular weight excluding hydrogens is 444 g/mol. The van der Waals surface area contributed by atoms with E-state index in [2.05, 4.69) is 5.32 Å². The van der Waals surface area contributed by atoms with E-state index in [0.29, 0.717) is 23.4 Å². The largest absolute Gasteiger partial charge is 0.456 e. The van der Waals surface area contributed by atoms with Gasteiger partial charge >= 0.3 is 5.97 Å². The Morgan fingerprint density at radius 2 is 1.67 bits per heavy atom. The number of nitrogens with one attached hydrogen (secondary N) is 1. The Balaban J connectivity index is 1.47. The third kappa shape index (κ3) is 5.55. The van der Waals surface area contributed by atoms with Crippen molar-refractivity contribution in [2.24, 2.45) is 0 Å². The zero-order valence-electron chi connectivity index (χ0n) is 18.6. The lowest BCUT2D eigenvalue weighted by Gasteiger charge is -2.47. The third-order valence-corrected chi connectivity index (χ3v) is 6.13. The summed E-state index contributed by atoms with van der Waals surface area (Å²) in [5.41, 5.74) is 1.81. The molecule has 2 aromatic carbocycles. The zero-order valence-corrected chi connectivity index (χ0v) is 19.4. The molecule has 0 spiro atoms. The van der Waals surface area contributed by atoms with Gasteiger partial charge in [0.2, 0.25) is 0 Å². The second-order valence-corrected chi connectivity index (χ2v) is 8.91. The van der Waals surface area contributed by atoms with E-state index in [1.807, 2.05) is 50.2 Å². The van der Waals surface area contributed by atoms with Gasteiger partial charge in [-0.3, -0.25) is 4.79 Å². The van der Waals surface area contributed by atoms with E-state index in [1.165, 1.54) is 0 Å². The Kier molecular flexibility index (Phi) is 7.02. The molecular formula is C25H27ClN2O5. The number of hydrogen-bond acceptors (Lipinski definition) is 6. The van der Waals surface area contributed by atoms with Crippen molar-refractivity contribution in [3.8, 4) is 0 Å². The average Bonchev–Trinajstić information content (AvgIpc) is 2.83. The molecule has 2 saturated heterocycles. The van der Waals surface area contributed by atoms with Gasteiger partial charge in [-0.1, -0.05) is 60.1 Å². The summed E-state index contributed by atoms with van der Waals surface area (Å²) in [6.07, 6.45) is 0. The van der Waals surface area contributed by atoms with Gasteiger partial charge in [0.05, 0.1) is 19.3 Å². The highest BCUT2D eigenvalue weighted by molar-refractivity contribution is 6.22. The Labute approximate surface area is 198 Å². The van der Waals surface area contributed by atoms with Crippen LogP contribution in [0.2, 0.25) is 0 Å². The van der Waals surface area contributed by atoms with E-state index in [1.54, 1.807) is 29.2 Å². The average molecular weight is 471 g/mol. The lowest BCUT2D eigenvalue weighted by Crippen LogP contribution is -2.64. The van der Waals surface area contributed by atoms with Crippen LogP contribution in [0, 0.1) is 0 Å². The fourth-order valence-corrected chi connectivity index (χ4v) is 3.97. The molecule has 1 amide bonds. The van der Waals surface area contributed by atoms with Gasteiger partial charge in [-0.15, -0.1) is 0 Å². The van der Waals surface area contributed by atoms with Gasteiger partial charge in [-0.2, -0.15) is 0 Å². The maximum atomic E-state index is 13.1. The molecule has 2 aliphatic heterocycles. The van der Waals surface area contributed by atoms with E-state index in [9.17, 15) is 9.59 Å². The number of benzene rings is 2. The van der Waals surface area contributed by atoms with E-state index < -0.39 is 17.3 Å². The lowest BCUT2D eigenvalue weighted by atomic mass is 10.0. The van der Waals surface area contributed by atoms with E-state index in [0.717, 1.165) is 5.56 Å². The number of carbonyl (C=O) groups is 2. The molecule has 8 heteroatoms. The highest BCUT2D eigenvalue weighted by Crippen LogP contribution is 2.32. The molecule has 2 aromatic rings. The Bertz CT molecular complexity index is 1010. The van der Waals surface area contributed by atoms with Gasteiger partial charge in [0.25, 0.3) is 5.91 Å². The molecule has 33 heavy (non-hydrogen) atoms. The predicted octanol–water partition coefficient (Wildman–Crippen LogP) is 3.45. The summed E-state index contributed by atoms with van der Waals surface area (Å²) >= 11 is 6.63. The van der Waals surface area contributed by atoms with Crippen molar-refractivity contribution in [2.45, 2.75) is 37.8 Å². The number of carbonyl (C=O) groups excluding carboxylic acids is 2. The number of likely N-dealkylation sites (tertiary alicyclic amines) is 1. The standard InChI is InChI=1S/C25H27ClN2O5/c1-25(2)32-15-19(16-33-25)21(24(30)31-14-17-9-5-3-6-10-17)28-13-20(22(28)26)27-23(29)18-11-7-4-8-12-18/h3-12,20,22H,13-16H2,1-2H3,(H,27,29)/t20-,22-/m0/s1.